The lowest BCUT2D eigenvalue weighted by molar-refractivity contribution is -0.133. The van der Waals surface area contributed by atoms with Crippen molar-refractivity contribution in [3.05, 3.63) is 65.2 Å². The summed E-state index contributed by atoms with van der Waals surface area (Å²) in [5.41, 5.74) is 2.36. The number of rotatable bonds is 5. The van der Waals surface area contributed by atoms with Gasteiger partial charge in [-0.25, -0.2) is 4.79 Å². The third kappa shape index (κ3) is 3.76. The van der Waals surface area contributed by atoms with Crippen molar-refractivity contribution >= 4 is 23.5 Å². The van der Waals surface area contributed by atoms with Gasteiger partial charge in [0.15, 0.2) is 0 Å². The van der Waals surface area contributed by atoms with Crippen molar-refractivity contribution in [1.82, 2.24) is 10.2 Å². The average molecular weight is 379 g/mol. The van der Waals surface area contributed by atoms with Crippen LogP contribution >= 0.6 is 0 Å². The fraction of sp³-hybridized carbons (Fsp3) is 0.318. The van der Waals surface area contributed by atoms with E-state index in [9.17, 15) is 14.4 Å². The van der Waals surface area contributed by atoms with Crippen LogP contribution in [0.2, 0.25) is 0 Å². The van der Waals surface area contributed by atoms with Crippen LogP contribution in [0.15, 0.2) is 48.5 Å². The third-order valence-corrected chi connectivity index (χ3v) is 5.07. The zero-order valence-electron chi connectivity index (χ0n) is 16.6. The minimum Gasteiger partial charge on any atom is -0.325 e. The van der Waals surface area contributed by atoms with Crippen LogP contribution in [0.1, 0.15) is 43.4 Å². The minimum absolute atomic E-state index is 0.335. The van der Waals surface area contributed by atoms with Crippen molar-refractivity contribution in [3.8, 4) is 0 Å². The molecule has 0 bridgehead atoms. The van der Waals surface area contributed by atoms with Gasteiger partial charge in [-0.1, -0.05) is 55.8 Å². The van der Waals surface area contributed by atoms with Crippen molar-refractivity contribution in [2.24, 2.45) is 0 Å². The Hall–Kier alpha value is -3.15. The molecule has 0 unspecified atom stereocenters. The average Bonchev–Trinajstić information content (AvgIpc) is 2.86. The molecule has 4 amide bonds. The highest BCUT2D eigenvalue weighted by molar-refractivity contribution is 6.10. The first-order chi connectivity index (χ1) is 13.2. The summed E-state index contributed by atoms with van der Waals surface area (Å²) in [7, 11) is 0. The Morgan fingerprint density at radius 1 is 1.07 bits per heavy atom. The number of hydrogen-bond acceptors (Lipinski definition) is 3. The van der Waals surface area contributed by atoms with E-state index in [2.05, 4.69) is 24.5 Å². The molecule has 0 saturated carbocycles. The lowest BCUT2D eigenvalue weighted by Gasteiger charge is -2.22. The topological polar surface area (TPSA) is 78.5 Å². The van der Waals surface area contributed by atoms with Crippen LogP contribution in [0.5, 0.6) is 0 Å². The maximum atomic E-state index is 12.9. The van der Waals surface area contributed by atoms with Crippen molar-refractivity contribution in [1.29, 1.82) is 0 Å². The SMILES string of the molecule is Cc1ccc([C@]2(C)NC(=O)N(CC(=O)Nc3ccc(C(C)C)cc3)C2=O)cc1. The van der Waals surface area contributed by atoms with Crippen LogP contribution in [0.3, 0.4) is 0 Å². The van der Waals surface area contributed by atoms with E-state index in [-0.39, 0.29) is 6.54 Å². The second-order valence-corrected chi connectivity index (χ2v) is 7.64. The first kappa shape index (κ1) is 19.6. The Bertz CT molecular complexity index is 904. The van der Waals surface area contributed by atoms with E-state index >= 15 is 0 Å². The molecule has 3 rings (SSSR count). The summed E-state index contributed by atoms with van der Waals surface area (Å²) >= 11 is 0. The van der Waals surface area contributed by atoms with Gasteiger partial charge in [0.25, 0.3) is 5.91 Å². The molecule has 0 aliphatic carbocycles. The van der Waals surface area contributed by atoms with Gasteiger partial charge in [0.05, 0.1) is 0 Å². The van der Waals surface area contributed by atoms with Crippen molar-refractivity contribution < 1.29 is 14.4 Å². The number of urea groups is 1. The van der Waals surface area contributed by atoms with E-state index in [0.29, 0.717) is 17.2 Å². The molecule has 6 nitrogen and oxygen atoms in total. The molecule has 2 aromatic carbocycles. The molecule has 1 atom stereocenters. The quantitative estimate of drug-likeness (QED) is 0.780. The van der Waals surface area contributed by atoms with Crippen LogP contribution < -0.4 is 10.6 Å². The molecule has 0 aromatic heterocycles. The molecule has 1 aliphatic rings. The van der Waals surface area contributed by atoms with E-state index in [1.165, 1.54) is 5.56 Å². The molecular weight excluding hydrogens is 354 g/mol. The van der Waals surface area contributed by atoms with Crippen LogP contribution in [0.25, 0.3) is 0 Å². The zero-order valence-corrected chi connectivity index (χ0v) is 16.6. The smallest absolute Gasteiger partial charge is 0.325 e. The molecule has 1 aliphatic heterocycles. The fourth-order valence-electron chi connectivity index (χ4n) is 3.22. The summed E-state index contributed by atoms with van der Waals surface area (Å²) in [6.07, 6.45) is 0. The molecule has 1 saturated heterocycles. The highest BCUT2D eigenvalue weighted by Gasteiger charge is 2.49. The standard InChI is InChI=1S/C22H25N3O3/c1-14(2)16-7-11-18(12-8-16)23-19(26)13-25-20(27)22(4,24-21(25)28)17-9-5-15(3)6-10-17/h5-12,14H,13H2,1-4H3,(H,23,26)(H,24,28)/t22-/m0/s1. The van der Waals surface area contributed by atoms with Gasteiger partial charge in [-0.05, 0) is 43.0 Å². The summed E-state index contributed by atoms with van der Waals surface area (Å²) in [6.45, 7) is 7.45. The lowest BCUT2D eigenvalue weighted by Crippen LogP contribution is -2.42. The van der Waals surface area contributed by atoms with Gasteiger partial charge in [-0.15, -0.1) is 0 Å². The minimum atomic E-state index is -1.18. The molecule has 2 aromatic rings. The van der Waals surface area contributed by atoms with Gasteiger partial charge in [0.1, 0.15) is 12.1 Å². The molecule has 1 fully saturated rings. The largest absolute Gasteiger partial charge is 0.325 e. The Morgan fingerprint density at radius 3 is 2.25 bits per heavy atom. The maximum Gasteiger partial charge on any atom is 0.325 e. The van der Waals surface area contributed by atoms with Crippen LogP contribution in [-0.4, -0.2) is 29.3 Å². The number of anilines is 1. The van der Waals surface area contributed by atoms with E-state index in [1.54, 1.807) is 6.92 Å². The van der Waals surface area contributed by atoms with Crippen LogP contribution in [0.4, 0.5) is 10.5 Å². The summed E-state index contributed by atoms with van der Waals surface area (Å²) in [5, 5.41) is 5.45. The van der Waals surface area contributed by atoms with Gasteiger partial charge in [0, 0.05) is 5.69 Å². The number of nitrogens with one attached hydrogen (secondary N) is 2. The Morgan fingerprint density at radius 2 is 1.68 bits per heavy atom. The van der Waals surface area contributed by atoms with E-state index in [4.69, 9.17) is 0 Å². The number of hydrogen-bond donors (Lipinski definition) is 2. The Balaban J connectivity index is 1.70. The summed E-state index contributed by atoms with van der Waals surface area (Å²) in [4.78, 5) is 38.6. The van der Waals surface area contributed by atoms with Crippen molar-refractivity contribution in [3.63, 3.8) is 0 Å². The first-order valence-corrected chi connectivity index (χ1v) is 9.32. The van der Waals surface area contributed by atoms with Gasteiger partial charge in [-0.3, -0.25) is 14.5 Å². The summed E-state index contributed by atoms with van der Waals surface area (Å²) in [6, 6.07) is 14.3. The van der Waals surface area contributed by atoms with Gasteiger partial charge in [0.2, 0.25) is 5.91 Å². The number of amides is 4. The van der Waals surface area contributed by atoms with Crippen molar-refractivity contribution in [2.45, 2.75) is 39.2 Å². The summed E-state index contributed by atoms with van der Waals surface area (Å²) < 4.78 is 0. The third-order valence-electron chi connectivity index (χ3n) is 5.07. The number of nitrogens with zero attached hydrogens (tertiary/aromatic N) is 1. The number of carbonyl (C=O) groups is 3. The number of imide groups is 1. The predicted octanol–water partition coefficient (Wildman–Crippen LogP) is 3.52. The second kappa shape index (κ2) is 7.46. The van der Waals surface area contributed by atoms with E-state index < -0.39 is 23.4 Å². The molecule has 28 heavy (non-hydrogen) atoms. The molecular formula is C22H25N3O3. The number of benzene rings is 2. The second-order valence-electron chi connectivity index (χ2n) is 7.64. The fourth-order valence-corrected chi connectivity index (χ4v) is 3.22. The summed E-state index contributed by atoms with van der Waals surface area (Å²) in [5.74, 6) is -0.462. The predicted molar refractivity (Wildman–Crippen MR) is 108 cm³/mol. The Kier molecular flexibility index (Phi) is 5.23. The lowest BCUT2D eigenvalue weighted by atomic mass is 9.91. The number of aryl methyl sites for hydroxylation is 1. The van der Waals surface area contributed by atoms with Crippen molar-refractivity contribution in [2.75, 3.05) is 11.9 Å². The highest BCUT2D eigenvalue weighted by Crippen LogP contribution is 2.29. The van der Waals surface area contributed by atoms with Crippen LogP contribution in [0, 0.1) is 6.92 Å². The Labute approximate surface area is 164 Å². The zero-order chi connectivity index (χ0) is 20.5. The monoisotopic (exact) mass is 379 g/mol. The highest BCUT2D eigenvalue weighted by atomic mass is 16.2. The maximum absolute atomic E-state index is 12.9. The van der Waals surface area contributed by atoms with Gasteiger partial charge < -0.3 is 10.6 Å². The molecule has 2 N–H and O–H groups in total. The van der Waals surface area contributed by atoms with E-state index in [1.807, 2.05) is 55.5 Å². The van der Waals surface area contributed by atoms with Gasteiger partial charge in [-0.2, -0.15) is 0 Å². The van der Waals surface area contributed by atoms with Crippen LogP contribution in [-0.2, 0) is 15.1 Å². The van der Waals surface area contributed by atoms with Gasteiger partial charge >= 0.3 is 6.03 Å². The molecule has 0 radical (unpaired) electrons. The molecule has 0 spiro atoms. The van der Waals surface area contributed by atoms with E-state index in [0.717, 1.165) is 10.5 Å². The first-order valence-electron chi connectivity index (χ1n) is 9.32. The normalized spacial score (nSPS) is 19.1. The molecule has 1 heterocycles. The molecule has 6 heteroatoms. The molecule has 146 valence electrons. The number of carbonyl (C=O) groups excluding carboxylic acids is 3.